The third-order valence-electron chi connectivity index (χ3n) is 4.25. The number of hydrogen-bond donors (Lipinski definition) is 1. The maximum absolute atomic E-state index is 11.9. The number of carbonyl (C=O) groups is 2. The topological polar surface area (TPSA) is 90.5 Å². The molecule has 26 heavy (non-hydrogen) atoms. The van der Waals surface area contributed by atoms with Gasteiger partial charge in [-0.3, -0.25) is 9.69 Å². The van der Waals surface area contributed by atoms with Crippen LogP contribution in [-0.4, -0.2) is 52.8 Å². The number of amides is 1. The lowest BCUT2D eigenvalue weighted by Gasteiger charge is -2.24. The Balaban J connectivity index is 1.74. The molecule has 0 spiro atoms. The first-order chi connectivity index (χ1) is 12.6. The normalized spacial score (nSPS) is 14.7. The Bertz CT molecular complexity index is 841. The van der Waals surface area contributed by atoms with Crippen molar-refractivity contribution < 1.29 is 14.3 Å². The first kappa shape index (κ1) is 17.9. The van der Waals surface area contributed by atoms with Crippen LogP contribution in [0.1, 0.15) is 29.3 Å². The van der Waals surface area contributed by atoms with Crippen molar-refractivity contribution in [2.75, 3.05) is 26.2 Å². The van der Waals surface area contributed by atoms with E-state index in [-0.39, 0.29) is 18.4 Å². The molecule has 1 aliphatic rings. The molecule has 7 heteroatoms. The van der Waals surface area contributed by atoms with Crippen LogP contribution in [0.15, 0.2) is 42.7 Å². The minimum atomic E-state index is -0.341. The van der Waals surface area contributed by atoms with Crippen molar-refractivity contribution in [3.8, 4) is 5.69 Å². The second-order valence-corrected chi connectivity index (χ2v) is 6.13. The van der Waals surface area contributed by atoms with E-state index in [1.54, 1.807) is 23.7 Å². The van der Waals surface area contributed by atoms with Crippen LogP contribution in [0.25, 0.3) is 11.3 Å². The Morgan fingerprint density at radius 1 is 1.35 bits per heavy atom. The summed E-state index contributed by atoms with van der Waals surface area (Å²) in [6.45, 7) is 3.89. The number of carbonyl (C=O) groups excluding carboxylic acids is 2. The van der Waals surface area contributed by atoms with Gasteiger partial charge in [0.1, 0.15) is 0 Å². The average molecular weight is 354 g/mol. The second-order valence-electron chi connectivity index (χ2n) is 6.13. The summed E-state index contributed by atoms with van der Waals surface area (Å²) < 4.78 is 6.79. The third-order valence-corrected chi connectivity index (χ3v) is 4.25. The molecule has 2 heterocycles. The molecule has 0 radical (unpaired) electrons. The van der Waals surface area contributed by atoms with Gasteiger partial charge in [-0.15, -0.1) is 0 Å². The lowest BCUT2D eigenvalue weighted by atomic mass is 10.0. The molecule has 0 unspecified atom stereocenters. The van der Waals surface area contributed by atoms with Gasteiger partial charge in [0.05, 0.1) is 30.6 Å². The number of benzene rings is 1. The highest BCUT2D eigenvalue weighted by atomic mass is 16.5. The van der Waals surface area contributed by atoms with E-state index < -0.39 is 0 Å². The third kappa shape index (κ3) is 4.18. The van der Waals surface area contributed by atoms with Gasteiger partial charge >= 0.3 is 5.97 Å². The van der Waals surface area contributed by atoms with Crippen molar-refractivity contribution in [2.24, 2.45) is 5.73 Å². The highest BCUT2D eigenvalue weighted by Gasteiger charge is 2.16. The molecule has 0 saturated carbocycles. The van der Waals surface area contributed by atoms with Crippen molar-refractivity contribution in [1.29, 1.82) is 0 Å². The van der Waals surface area contributed by atoms with Crippen molar-refractivity contribution in [3.63, 3.8) is 0 Å². The number of aromatic nitrogens is 2. The highest BCUT2D eigenvalue weighted by molar-refractivity contribution is 5.90. The molecule has 0 atom stereocenters. The molecule has 2 N–H and O–H groups in total. The van der Waals surface area contributed by atoms with Crippen molar-refractivity contribution in [1.82, 2.24) is 14.7 Å². The number of esters is 1. The van der Waals surface area contributed by atoms with E-state index in [4.69, 9.17) is 10.5 Å². The van der Waals surface area contributed by atoms with Gasteiger partial charge in [-0.05, 0) is 37.1 Å². The van der Waals surface area contributed by atoms with Crippen LogP contribution in [0.3, 0.4) is 0 Å². The quantitative estimate of drug-likeness (QED) is 0.796. The zero-order valence-corrected chi connectivity index (χ0v) is 14.7. The lowest BCUT2D eigenvalue weighted by Crippen LogP contribution is -2.36. The summed E-state index contributed by atoms with van der Waals surface area (Å²) in [6.07, 6.45) is 6.69. The lowest BCUT2D eigenvalue weighted by molar-refractivity contribution is -0.119. The molecule has 0 bridgehead atoms. The monoisotopic (exact) mass is 354 g/mol. The van der Waals surface area contributed by atoms with Gasteiger partial charge in [-0.2, -0.15) is 5.10 Å². The molecule has 1 aliphatic heterocycles. The molecule has 0 fully saturated rings. The number of primary amides is 1. The Labute approximate surface area is 152 Å². The summed E-state index contributed by atoms with van der Waals surface area (Å²) >= 11 is 0. The van der Waals surface area contributed by atoms with Crippen molar-refractivity contribution >= 4 is 17.4 Å². The maximum Gasteiger partial charge on any atom is 0.338 e. The van der Waals surface area contributed by atoms with Gasteiger partial charge in [0.15, 0.2) is 0 Å². The van der Waals surface area contributed by atoms with Crippen molar-refractivity contribution in [3.05, 3.63) is 53.9 Å². The number of rotatable bonds is 6. The second kappa shape index (κ2) is 7.97. The molecule has 136 valence electrons. The van der Waals surface area contributed by atoms with Gasteiger partial charge in [0.2, 0.25) is 5.91 Å². The van der Waals surface area contributed by atoms with Crippen LogP contribution in [0.2, 0.25) is 0 Å². The van der Waals surface area contributed by atoms with Crippen LogP contribution < -0.4 is 5.73 Å². The molecular formula is C19H22N4O3. The van der Waals surface area contributed by atoms with E-state index in [0.717, 1.165) is 24.2 Å². The standard InChI is InChI=1S/C19H22N4O3/c1-2-26-19(25)15-4-3-5-17(10-15)23-12-16(11-21-23)14-6-8-22(9-7-14)13-18(20)24/h3-6,10-12H,2,7-9,13H2,1H3,(H2,20,24). The average Bonchev–Trinajstić information content (AvgIpc) is 3.12. The summed E-state index contributed by atoms with van der Waals surface area (Å²) in [5.74, 6) is -0.651. The minimum absolute atomic E-state index is 0.281. The first-order valence-electron chi connectivity index (χ1n) is 8.59. The maximum atomic E-state index is 11.9. The van der Waals surface area contributed by atoms with Gasteiger partial charge in [0.25, 0.3) is 0 Å². The Kier molecular flexibility index (Phi) is 5.48. The van der Waals surface area contributed by atoms with Gasteiger partial charge in [-0.25, -0.2) is 9.48 Å². The van der Waals surface area contributed by atoms with Crippen LogP contribution in [0.5, 0.6) is 0 Å². The molecule has 1 aromatic carbocycles. The minimum Gasteiger partial charge on any atom is -0.462 e. The zero-order valence-electron chi connectivity index (χ0n) is 14.7. The highest BCUT2D eigenvalue weighted by Crippen LogP contribution is 2.23. The van der Waals surface area contributed by atoms with Crippen molar-refractivity contribution in [2.45, 2.75) is 13.3 Å². The predicted molar refractivity (Wildman–Crippen MR) is 97.7 cm³/mol. The molecular weight excluding hydrogens is 332 g/mol. The van der Waals surface area contributed by atoms with Crippen LogP contribution in [0, 0.1) is 0 Å². The fourth-order valence-corrected chi connectivity index (χ4v) is 2.96. The van der Waals surface area contributed by atoms with Gasteiger partial charge < -0.3 is 10.5 Å². The summed E-state index contributed by atoms with van der Waals surface area (Å²) in [5.41, 5.74) is 8.77. The summed E-state index contributed by atoms with van der Waals surface area (Å²) in [6, 6.07) is 7.19. The fraction of sp³-hybridized carbons (Fsp3) is 0.316. The zero-order chi connectivity index (χ0) is 18.5. The van der Waals surface area contributed by atoms with E-state index in [2.05, 4.69) is 11.2 Å². The molecule has 0 saturated heterocycles. The predicted octanol–water partition coefficient (Wildman–Crippen LogP) is 1.62. The number of nitrogens with two attached hydrogens (primary N) is 1. The van der Waals surface area contributed by atoms with E-state index >= 15 is 0 Å². The fourth-order valence-electron chi connectivity index (χ4n) is 2.96. The van der Waals surface area contributed by atoms with Gasteiger partial charge in [-0.1, -0.05) is 12.1 Å². The van der Waals surface area contributed by atoms with Gasteiger partial charge in [0, 0.05) is 24.8 Å². The van der Waals surface area contributed by atoms with Crippen LogP contribution in [0.4, 0.5) is 0 Å². The van der Waals surface area contributed by atoms with Crippen LogP contribution in [-0.2, 0) is 9.53 Å². The number of hydrogen-bond acceptors (Lipinski definition) is 5. The molecule has 0 aliphatic carbocycles. The Hall–Kier alpha value is -2.93. The number of ether oxygens (including phenoxy) is 1. The van der Waals surface area contributed by atoms with E-state index in [1.165, 1.54) is 5.57 Å². The van der Waals surface area contributed by atoms with E-state index in [1.807, 2.05) is 29.4 Å². The number of nitrogens with zero attached hydrogens (tertiary/aromatic N) is 3. The summed E-state index contributed by atoms with van der Waals surface area (Å²) in [4.78, 5) is 24.9. The van der Waals surface area contributed by atoms with E-state index in [9.17, 15) is 9.59 Å². The van der Waals surface area contributed by atoms with E-state index in [0.29, 0.717) is 18.7 Å². The summed E-state index contributed by atoms with van der Waals surface area (Å²) in [5, 5.41) is 4.41. The molecule has 1 amide bonds. The molecule has 2 aromatic rings. The van der Waals surface area contributed by atoms with Crippen LogP contribution >= 0.6 is 0 Å². The Morgan fingerprint density at radius 3 is 2.88 bits per heavy atom. The Morgan fingerprint density at radius 2 is 2.19 bits per heavy atom. The summed E-state index contributed by atoms with van der Waals surface area (Å²) in [7, 11) is 0. The largest absolute Gasteiger partial charge is 0.462 e. The molecule has 7 nitrogen and oxygen atoms in total. The molecule has 3 rings (SSSR count). The molecule has 1 aromatic heterocycles. The first-order valence-corrected chi connectivity index (χ1v) is 8.59. The smallest absolute Gasteiger partial charge is 0.338 e. The SMILES string of the molecule is CCOC(=O)c1cccc(-n2cc(C3=CCN(CC(N)=O)CC3)cn2)c1.